The number of carbonyl (C=O) groups excluding carboxylic acids is 1. The summed E-state index contributed by atoms with van der Waals surface area (Å²) in [6, 6.07) is 0.218. The van der Waals surface area contributed by atoms with Crippen LogP contribution in [0.15, 0.2) is 0 Å². The number of nitrogens with zero attached hydrogens (tertiary/aromatic N) is 1. The van der Waals surface area contributed by atoms with Crippen LogP contribution in [0.2, 0.25) is 0 Å². The van der Waals surface area contributed by atoms with Gasteiger partial charge in [0.25, 0.3) is 5.91 Å². The number of nitrogens with one attached hydrogen (secondary N) is 1. The van der Waals surface area contributed by atoms with Crippen molar-refractivity contribution in [2.45, 2.75) is 44.1 Å². The van der Waals surface area contributed by atoms with Crippen molar-refractivity contribution in [3.63, 3.8) is 0 Å². The van der Waals surface area contributed by atoms with E-state index in [2.05, 4.69) is 5.32 Å². The lowest BCUT2D eigenvalue weighted by molar-refractivity contribution is -0.182. The largest absolute Gasteiger partial charge is 0.383 e. The summed E-state index contributed by atoms with van der Waals surface area (Å²) < 4.78 is 50.6. The van der Waals surface area contributed by atoms with E-state index in [-0.39, 0.29) is 25.0 Å². The predicted molar refractivity (Wildman–Crippen MR) is 61.3 cm³/mol. The molecule has 0 spiro atoms. The molecule has 2 saturated heterocycles. The van der Waals surface area contributed by atoms with Gasteiger partial charge in [0.1, 0.15) is 0 Å². The second kappa shape index (κ2) is 5.64. The highest BCUT2D eigenvalue weighted by Crippen LogP contribution is 2.30. The first-order valence-corrected chi connectivity index (χ1v) is 6.61. The third-order valence-corrected chi connectivity index (χ3v) is 3.97. The minimum Gasteiger partial charge on any atom is -0.337 e. The number of likely N-dealkylation sites (tertiary alicyclic amines) is 1. The highest BCUT2D eigenvalue weighted by atomic mass is 19.3. The summed E-state index contributed by atoms with van der Waals surface area (Å²) >= 11 is 0. The second-order valence-corrected chi connectivity index (χ2v) is 5.28. The van der Waals surface area contributed by atoms with Crippen molar-refractivity contribution in [1.29, 1.82) is 0 Å². The van der Waals surface area contributed by atoms with Gasteiger partial charge in [-0.1, -0.05) is 0 Å². The van der Waals surface area contributed by atoms with Gasteiger partial charge >= 0.3 is 12.3 Å². The van der Waals surface area contributed by atoms with Crippen LogP contribution in [0.5, 0.6) is 0 Å². The second-order valence-electron chi connectivity index (χ2n) is 5.28. The number of hydrogen-bond acceptors (Lipinski definition) is 2. The summed E-state index contributed by atoms with van der Waals surface area (Å²) in [5.74, 6) is -6.20. The van der Waals surface area contributed by atoms with Gasteiger partial charge in [0, 0.05) is 19.1 Å². The molecule has 2 fully saturated rings. The zero-order valence-corrected chi connectivity index (χ0v) is 10.5. The molecule has 2 aliphatic heterocycles. The number of halogens is 4. The van der Waals surface area contributed by atoms with Crippen molar-refractivity contribution >= 4 is 5.91 Å². The smallest absolute Gasteiger partial charge is 0.337 e. The minimum absolute atomic E-state index is 0.0914. The quantitative estimate of drug-likeness (QED) is 0.802. The SMILES string of the molecule is O=C(N1CCCC(C2CCCN2)C1)C(F)(F)C(F)F. The molecule has 110 valence electrons. The van der Waals surface area contributed by atoms with Crippen molar-refractivity contribution in [2.24, 2.45) is 5.92 Å². The molecule has 0 aromatic carbocycles. The molecule has 0 saturated carbocycles. The van der Waals surface area contributed by atoms with Crippen LogP contribution in [-0.2, 0) is 4.79 Å². The van der Waals surface area contributed by atoms with Crippen LogP contribution in [0, 0.1) is 5.92 Å². The molecule has 2 aliphatic rings. The Balaban J connectivity index is 1.98. The van der Waals surface area contributed by atoms with Gasteiger partial charge in [-0.15, -0.1) is 0 Å². The number of carbonyl (C=O) groups is 1. The highest BCUT2D eigenvalue weighted by Gasteiger charge is 2.51. The fourth-order valence-corrected chi connectivity index (χ4v) is 2.94. The predicted octanol–water partition coefficient (Wildman–Crippen LogP) is 1.88. The Morgan fingerprint density at radius 1 is 1.26 bits per heavy atom. The maximum atomic E-state index is 13.1. The van der Waals surface area contributed by atoms with Gasteiger partial charge in [-0.3, -0.25) is 4.79 Å². The van der Waals surface area contributed by atoms with Gasteiger partial charge in [0.05, 0.1) is 0 Å². The van der Waals surface area contributed by atoms with Crippen molar-refractivity contribution in [3.8, 4) is 0 Å². The molecule has 7 heteroatoms. The lowest BCUT2D eigenvalue weighted by atomic mass is 9.89. The van der Waals surface area contributed by atoms with Gasteiger partial charge in [-0.2, -0.15) is 8.78 Å². The zero-order valence-electron chi connectivity index (χ0n) is 10.5. The number of rotatable bonds is 3. The summed E-state index contributed by atoms with van der Waals surface area (Å²) in [4.78, 5) is 12.4. The third-order valence-electron chi connectivity index (χ3n) is 3.97. The van der Waals surface area contributed by atoms with E-state index in [1.807, 2.05) is 0 Å². The van der Waals surface area contributed by atoms with Crippen LogP contribution >= 0.6 is 0 Å². The van der Waals surface area contributed by atoms with Gasteiger partial charge < -0.3 is 10.2 Å². The highest BCUT2D eigenvalue weighted by molar-refractivity contribution is 5.84. The molecule has 2 atom stereocenters. The molecule has 2 rings (SSSR count). The first kappa shape index (κ1) is 14.6. The zero-order chi connectivity index (χ0) is 14.0. The van der Waals surface area contributed by atoms with Crippen LogP contribution in [-0.4, -0.2) is 48.8 Å². The topological polar surface area (TPSA) is 32.3 Å². The average Bonchev–Trinajstić information content (AvgIpc) is 2.91. The summed E-state index contributed by atoms with van der Waals surface area (Å²) in [6.07, 6.45) is -0.513. The van der Waals surface area contributed by atoms with E-state index in [9.17, 15) is 22.4 Å². The summed E-state index contributed by atoms with van der Waals surface area (Å²) in [5.41, 5.74) is 0. The fraction of sp³-hybridized carbons (Fsp3) is 0.917. The van der Waals surface area contributed by atoms with Crippen molar-refractivity contribution < 1.29 is 22.4 Å². The summed E-state index contributed by atoms with van der Waals surface area (Å²) in [7, 11) is 0. The molecule has 3 nitrogen and oxygen atoms in total. The first-order valence-electron chi connectivity index (χ1n) is 6.61. The summed E-state index contributed by atoms with van der Waals surface area (Å²) in [6.45, 7) is 1.19. The molecule has 1 amide bonds. The van der Waals surface area contributed by atoms with Crippen LogP contribution in [0.25, 0.3) is 0 Å². The van der Waals surface area contributed by atoms with E-state index in [1.54, 1.807) is 0 Å². The first-order chi connectivity index (χ1) is 8.93. The Kier molecular flexibility index (Phi) is 4.32. The Hall–Kier alpha value is -0.850. The molecular weight excluding hydrogens is 264 g/mol. The van der Waals surface area contributed by atoms with E-state index >= 15 is 0 Å². The molecule has 2 heterocycles. The molecule has 2 unspecified atom stereocenters. The maximum Gasteiger partial charge on any atom is 0.383 e. The number of hydrogen-bond donors (Lipinski definition) is 1. The van der Waals surface area contributed by atoms with Gasteiger partial charge in [0.15, 0.2) is 0 Å². The van der Waals surface area contributed by atoms with Gasteiger partial charge in [-0.25, -0.2) is 8.78 Å². The molecule has 0 aliphatic carbocycles. The van der Waals surface area contributed by atoms with Gasteiger partial charge in [0.2, 0.25) is 0 Å². The van der Waals surface area contributed by atoms with Crippen molar-refractivity contribution in [1.82, 2.24) is 10.2 Å². The Morgan fingerprint density at radius 2 is 2.00 bits per heavy atom. The lowest BCUT2D eigenvalue weighted by Crippen LogP contribution is -2.53. The maximum absolute atomic E-state index is 13.1. The van der Waals surface area contributed by atoms with Crippen LogP contribution < -0.4 is 5.32 Å². The number of alkyl halides is 4. The van der Waals surface area contributed by atoms with E-state index in [1.165, 1.54) is 0 Å². The number of piperidine rings is 1. The Labute approximate surface area is 109 Å². The van der Waals surface area contributed by atoms with E-state index in [0.29, 0.717) is 6.42 Å². The fourth-order valence-electron chi connectivity index (χ4n) is 2.94. The third kappa shape index (κ3) is 3.01. The molecule has 0 bridgehead atoms. The van der Waals surface area contributed by atoms with E-state index < -0.39 is 18.3 Å². The molecule has 0 aromatic heterocycles. The van der Waals surface area contributed by atoms with E-state index in [0.717, 1.165) is 30.7 Å². The molecule has 0 aromatic rings. The summed E-state index contributed by atoms with van der Waals surface area (Å²) in [5, 5.41) is 3.27. The number of amides is 1. The molecular formula is C12H18F4N2O. The van der Waals surface area contributed by atoms with Crippen molar-refractivity contribution in [3.05, 3.63) is 0 Å². The Morgan fingerprint density at radius 3 is 2.58 bits per heavy atom. The van der Waals surface area contributed by atoms with Crippen LogP contribution in [0.3, 0.4) is 0 Å². The normalized spacial score (nSPS) is 29.0. The monoisotopic (exact) mass is 282 g/mol. The van der Waals surface area contributed by atoms with Crippen LogP contribution in [0.4, 0.5) is 17.6 Å². The molecule has 0 radical (unpaired) electrons. The van der Waals surface area contributed by atoms with Crippen LogP contribution in [0.1, 0.15) is 25.7 Å². The lowest BCUT2D eigenvalue weighted by Gasteiger charge is -2.37. The molecule has 19 heavy (non-hydrogen) atoms. The van der Waals surface area contributed by atoms with Crippen molar-refractivity contribution in [2.75, 3.05) is 19.6 Å². The Bertz CT molecular complexity index is 332. The van der Waals surface area contributed by atoms with E-state index in [4.69, 9.17) is 0 Å². The standard InChI is InChI=1S/C12H18F4N2O/c13-10(14)12(15,16)11(19)18-6-2-3-8(7-18)9-4-1-5-17-9/h8-10,17H,1-7H2. The average molecular weight is 282 g/mol. The minimum atomic E-state index is -4.56. The van der Waals surface area contributed by atoms with Gasteiger partial charge in [-0.05, 0) is 38.1 Å². The molecule has 1 N–H and O–H groups in total.